The number of piperazine rings is 1. The summed E-state index contributed by atoms with van der Waals surface area (Å²) in [5.41, 5.74) is 0.917. The zero-order chi connectivity index (χ0) is 9.97. The van der Waals surface area contributed by atoms with Gasteiger partial charge in [0.1, 0.15) is 0 Å². The maximum absolute atomic E-state index is 9.84. The highest BCUT2D eigenvalue weighted by Gasteiger charge is 2.14. The summed E-state index contributed by atoms with van der Waals surface area (Å²) in [6, 6.07) is 5.74. The van der Waals surface area contributed by atoms with E-state index in [0.717, 1.165) is 36.3 Å². The molecule has 0 radical (unpaired) electrons. The predicted molar refractivity (Wildman–Crippen MR) is 60.9 cm³/mol. The lowest BCUT2D eigenvalue weighted by Crippen LogP contribution is -2.43. The summed E-state index contributed by atoms with van der Waals surface area (Å²) in [5, 5.41) is 13.1. The van der Waals surface area contributed by atoms with Crippen LogP contribution in [0.25, 0.3) is 0 Å². The Kier molecular flexibility index (Phi) is 2.93. The van der Waals surface area contributed by atoms with Gasteiger partial charge in [0.05, 0.1) is 10.2 Å². The first-order valence-electron chi connectivity index (χ1n) is 4.72. The van der Waals surface area contributed by atoms with Crippen LogP contribution in [0.4, 0.5) is 5.69 Å². The standard InChI is InChI=1S/C10H13BrN2O/c11-8-2-1-3-9(10(8)14)13-6-4-12-5-7-13/h1-3,12,14H,4-7H2. The van der Waals surface area contributed by atoms with E-state index in [0.29, 0.717) is 5.75 Å². The third-order valence-corrected chi connectivity index (χ3v) is 3.06. The van der Waals surface area contributed by atoms with Crippen LogP contribution in [0.5, 0.6) is 5.75 Å². The highest BCUT2D eigenvalue weighted by molar-refractivity contribution is 9.10. The number of aromatic hydroxyl groups is 1. The summed E-state index contributed by atoms with van der Waals surface area (Å²) in [6.45, 7) is 3.85. The second kappa shape index (κ2) is 4.19. The van der Waals surface area contributed by atoms with Crippen molar-refractivity contribution in [1.82, 2.24) is 5.32 Å². The zero-order valence-corrected chi connectivity index (χ0v) is 9.42. The molecule has 1 saturated heterocycles. The summed E-state index contributed by atoms with van der Waals surface area (Å²) in [5.74, 6) is 0.342. The lowest BCUT2D eigenvalue weighted by atomic mass is 10.2. The SMILES string of the molecule is Oc1c(Br)cccc1N1CCNCC1. The maximum Gasteiger partial charge on any atom is 0.153 e. The van der Waals surface area contributed by atoms with Gasteiger partial charge in [0.2, 0.25) is 0 Å². The largest absolute Gasteiger partial charge is 0.505 e. The molecule has 1 aromatic rings. The van der Waals surface area contributed by atoms with Gasteiger partial charge in [-0.2, -0.15) is 0 Å². The number of hydrogen-bond acceptors (Lipinski definition) is 3. The van der Waals surface area contributed by atoms with Crippen LogP contribution < -0.4 is 10.2 Å². The van der Waals surface area contributed by atoms with Crippen LogP contribution >= 0.6 is 15.9 Å². The maximum atomic E-state index is 9.84. The molecule has 2 N–H and O–H groups in total. The normalized spacial score (nSPS) is 17.1. The molecule has 0 bridgehead atoms. The molecule has 76 valence electrons. The van der Waals surface area contributed by atoms with Crippen molar-refractivity contribution in [1.29, 1.82) is 0 Å². The fourth-order valence-electron chi connectivity index (χ4n) is 1.66. The molecule has 1 aliphatic rings. The Hall–Kier alpha value is -0.740. The van der Waals surface area contributed by atoms with Crippen molar-refractivity contribution in [3.8, 4) is 5.75 Å². The van der Waals surface area contributed by atoms with E-state index in [4.69, 9.17) is 0 Å². The lowest BCUT2D eigenvalue weighted by molar-refractivity contribution is 0.467. The average molecular weight is 257 g/mol. The fraction of sp³-hybridized carbons (Fsp3) is 0.400. The first kappa shape index (κ1) is 9.80. The number of nitrogens with zero attached hydrogens (tertiary/aromatic N) is 1. The number of hydrogen-bond donors (Lipinski definition) is 2. The fourth-order valence-corrected chi connectivity index (χ4v) is 2.02. The van der Waals surface area contributed by atoms with Gasteiger partial charge >= 0.3 is 0 Å². The van der Waals surface area contributed by atoms with E-state index in [2.05, 4.69) is 26.1 Å². The molecule has 1 heterocycles. The van der Waals surface area contributed by atoms with E-state index in [9.17, 15) is 5.11 Å². The summed E-state index contributed by atoms with van der Waals surface area (Å²) in [4.78, 5) is 2.19. The summed E-state index contributed by atoms with van der Waals surface area (Å²) >= 11 is 3.32. The zero-order valence-electron chi connectivity index (χ0n) is 7.83. The predicted octanol–water partition coefficient (Wildman–Crippen LogP) is 1.56. The van der Waals surface area contributed by atoms with Crippen molar-refractivity contribution in [3.05, 3.63) is 22.7 Å². The second-order valence-electron chi connectivity index (χ2n) is 3.34. The Morgan fingerprint density at radius 1 is 1.29 bits per heavy atom. The summed E-state index contributed by atoms with van der Waals surface area (Å²) < 4.78 is 0.758. The molecule has 1 aromatic carbocycles. The minimum absolute atomic E-state index is 0.342. The molecule has 4 heteroatoms. The van der Waals surface area contributed by atoms with Crippen LogP contribution in [0.1, 0.15) is 0 Å². The molecule has 0 saturated carbocycles. The van der Waals surface area contributed by atoms with Crippen molar-refractivity contribution in [2.24, 2.45) is 0 Å². The van der Waals surface area contributed by atoms with Gasteiger partial charge in [-0.15, -0.1) is 0 Å². The molecule has 0 unspecified atom stereocenters. The van der Waals surface area contributed by atoms with Gasteiger partial charge in [-0.05, 0) is 28.1 Å². The minimum atomic E-state index is 0.342. The van der Waals surface area contributed by atoms with Gasteiger partial charge in [0.15, 0.2) is 5.75 Å². The molecular weight excluding hydrogens is 244 g/mol. The van der Waals surface area contributed by atoms with E-state index in [1.807, 2.05) is 18.2 Å². The van der Waals surface area contributed by atoms with Crippen molar-refractivity contribution in [2.75, 3.05) is 31.1 Å². The van der Waals surface area contributed by atoms with Crippen LogP contribution in [0.3, 0.4) is 0 Å². The monoisotopic (exact) mass is 256 g/mol. The Labute approximate surface area is 91.9 Å². The topological polar surface area (TPSA) is 35.5 Å². The van der Waals surface area contributed by atoms with Crippen LogP contribution in [0.15, 0.2) is 22.7 Å². The van der Waals surface area contributed by atoms with Gasteiger partial charge < -0.3 is 15.3 Å². The molecule has 14 heavy (non-hydrogen) atoms. The van der Waals surface area contributed by atoms with Gasteiger partial charge in [-0.3, -0.25) is 0 Å². The smallest absolute Gasteiger partial charge is 0.153 e. The lowest BCUT2D eigenvalue weighted by Gasteiger charge is -2.30. The molecule has 2 rings (SSSR count). The Morgan fingerprint density at radius 3 is 2.71 bits per heavy atom. The van der Waals surface area contributed by atoms with E-state index in [1.165, 1.54) is 0 Å². The summed E-state index contributed by atoms with van der Waals surface area (Å²) in [6.07, 6.45) is 0. The van der Waals surface area contributed by atoms with Crippen molar-refractivity contribution >= 4 is 21.6 Å². The highest BCUT2D eigenvalue weighted by atomic mass is 79.9. The quantitative estimate of drug-likeness (QED) is 0.801. The molecule has 0 atom stereocenters. The molecule has 0 aromatic heterocycles. The number of rotatable bonds is 1. The van der Waals surface area contributed by atoms with Crippen molar-refractivity contribution in [2.45, 2.75) is 0 Å². The number of anilines is 1. The van der Waals surface area contributed by atoms with E-state index < -0.39 is 0 Å². The van der Waals surface area contributed by atoms with Crippen molar-refractivity contribution < 1.29 is 5.11 Å². The van der Waals surface area contributed by atoms with Gasteiger partial charge in [0.25, 0.3) is 0 Å². The molecular formula is C10H13BrN2O. The Bertz CT molecular complexity index is 324. The third kappa shape index (κ3) is 1.86. The first-order valence-corrected chi connectivity index (χ1v) is 5.51. The second-order valence-corrected chi connectivity index (χ2v) is 4.20. The molecule has 1 fully saturated rings. The van der Waals surface area contributed by atoms with Crippen LogP contribution in [-0.2, 0) is 0 Å². The molecule has 0 aliphatic carbocycles. The first-order chi connectivity index (χ1) is 6.79. The van der Waals surface area contributed by atoms with E-state index >= 15 is 0 Å². The van der Waals surface area contributed by atoms with Crippen molar-refractivity contribution in [3.63, 3.8) is 0 Å². The van der Waals surface area contributed by atoms with Gasteiger partial charge in [0, 0.05) is 26.2 Å². The van der Waals surface area contributed by atoms with Crippen LogP contribution in [0.2, 0.25) is 0 Å². The number of halogens is 1. The highest BCUT2D eigenvalue weighted by Crippen LogP contribution is 2.34. The minimum Gasteiger partial charge on any atom is -0.505 e. The van der Waals surface area contributed by atoms with Crippen LogP contribution in [0, 0.1) is 0 Å². The van der Waals surface area contributed by atoms with E-state index in [1.54, 1.807) is 0 Å². The number of phenols is 1. The average Bonchev–Trinajstić information content (AvgIpc) is 2.23. The summed E-state index contributed by atoms with van der Waals surface area (Å²) in [7, 11) is 0. The molecule has 3 nitrogen and oxygen atoms in total. The third-order valence-electron chi connectivity index (χ3n) is 2.42. The van der Waals surface area contributed by atoms with Gasteiger partial charge in [-0.25, -0.2) is 0 Å². The van der Waals surface area contributed by atoms with Crippen LogP contribution in [-0.4, -0.2) is 31.3 Å². The number of benzene rings is 1. The Balaban J connectivity index is 2.26. The number of para-hydroxylation sites is 1. The number of nitrogens with one attached hydrogen (secondary N) is 1. The molecule has 0 amide bonds. The van der Waals surface area contributed by atoms with E-state index in [-0.39, 0.29) is 0 Å². The Morgan fingerprint density at radius 2 is 2.00 bits per heavy atom. The number of phenolic OH excluding ortho intramolecular Hbond substituents is 1. The van der Waals surface area contributed by atoms with Gasteiger partial charge in [-0.1, -0.05) is 6.07 Å². The molecule has 0 spiro atoms. The molecule has 1 aliphatic heterocycles.